The van der Waals surface area contributed by atoms with E-state index in [0.717, 1.165) is 16.0 Å². The van der Waals surface area contributed by atoms with Crippen molar-refractivity contribution in [1.29, 1.82) is 0 Å². The minimum Gasteiger partial charge on any atom is -0.486 e. The molecule has 23 heavy (non-hydrogen) atoms. The first-order valence-corrected chi connectivity index (χ1v) is 8.21. The quantitative estimate of drug-likeness (QED) is 0.820. The van der Waals surface area contributed by atoms with E-state index < -0.39 is 6.09 Å². The van der Waals surface area contributed by atoms with E-state index in [1.807, 2.05) is 18.2 Å². The Morgan fingerprint density at radius 2 is 2.17 bits per heavy atom. The van der Waals surface area contributed by atoms with Crippen LogP contribution >= 0.6 is 22.9 Å². The smallest absolute Gasteiger partial charge is 0.404 e. The zero-order valence-corrected chi connectivity index (χ0v) is 13.8. The Bertz CT molecular complexity index is 786. The Morgan fingerprint density at radius 1 is 1.39 bits per heavy atom. The van der Waals surface area contributed by atoms with Crippen molar-refractivity contribution in [1.82, 2.24) is 5.32 Å². The summed E-state index contributed by atoms with van der Waals surface area (Å²) in [6.45, 7) is 1.74. The highest BCUT2D eigenvalue weighted by molar-refractivity contribution is 7.17. The number of hydrogen-bond acceptors (Lipinski definition) is 4. The molecule has 0 aliphatic carbocycles. The molecule has 1 unspecified atom stereocenters. The topological polar surface area (TPSA) is 75.6 Å². The van der Waals surface area contributed by atoms with Gasteiger partial charge in [0.2, 0.25) is 0 Å². The fourth-order valence-corrected chi connectivity index (χ4v) is 3.76. The molecule has 1 aromatic carbocycles. The van der Waals surface area contributed by atoms with Crippen molar-refractivity contribution in [3.63, 3.8) is 0 Å². The molecule has 7 heteroatoms. The molecule has 1 aliphatic heterocycles. The molecule has 0 bridgehead atoms. The largest absolute Gasteiger partial charge is 0.486 e. The first-order chi connectivity index (χ1) is 11.0. The summed E-state index contributed by atoms with van der Waals surface area (Å²) in [6, 6.07) is 7.39. The molecule has 5 nitrogen and oxygen atoms in total. The molecule has 0 spiro atoms. The second-order valence-electron chi connectivity index (χ2n) is 5.25. The number of fused-ring (bicyclic) bond motifs is 1. The summed E-state index contributed by atoms with van der Waals surface area (Å²) in [6.07, 6.45) is -0.800. The van der Waals surface area contributed by atoms with Gasteiger partial charge in [0, 0.05) is 16.9 Å². The molecule has 2 aromatic rings. The summed E-state index contributed by atoms with van der Waals surface area (Å²) in [4.78, 5) is 23.8. The summed E-state index contributed by atoms with van der Waals surface area (Å²) in [5.41, 5.74) is 1.92. The molecule has 2 heterocycles. The normalized spacial score (nSPS) is 15.8. The fourth-order valence-electron chi connectivity index (χ4n) is 2.58. The number of carboxylic acid groups (broad SMARTS) is 1. The van der Waals surface area contributed by atoms with Crippen molar-refractivity contribution in [3.8, 4) is 16.2 Å². The van der Waals surface area contributed by atoms with E-state index in [9.17, 15) is 9.59 Å². The molecule has 3 rings (SSSR count). The van der Waals surface area contributed by atoms with Gasteiger partial charge in [-0.25, -0.2) is 4.79 Å². The summed E-state index contributed by atoms with van der Waals surface area (Å²) >= 11 is 7.63. The predicted molar refractivity (Wildman–Crippen MR) is 88.9 cm³/mol. The van der Waals surface area contributed by atoms with Crippen LogP contribution in [0.25, 0.3) is 10.4 Å². The third-order valence-electron chi connectivity index (χ3n) is 3.63. The van der Waals surface area contributed by atoms with Crippen molar-refractivity contribution in [3.05, 3.63) is 39.7 Å². The Morgan fingerprint density at radius 3 is 2.83 bits per heavy atom. The maximum atomic E-state index is 11.5. The van der Waals surface area contributed by atoms with Gasteiger partial charge in [0.25, 0.3) is 0 Å². The molecule has 1 atom stereocenters. The van der Waals surface area contributed by atoms with Crippen LogP contribution in [0.2, 0.25) is 5.02 Å². The maximum absolute atomic E-state index is 11.5. The fraction of sp³-hybridized carbons (Fsp3) is 0.250. The van der Waals surface area contributed by atoms with Crippen molar-refractivity contribution >= 4 is 34.8 Å². The molecular weight excluding hydrogens is 338 g/mol. The van der Waals surface area contributed by atoms with Crippen molar-refractivity contribution in [2.24, 2.45) is 0 Å². The second-order valence-corrected chi connectivity index (χ2v) is 6.74. The molecule has 1 aliphatic rings. The third-order valence-corrected chi connectivity index (χ3v) is 5.15. The lowest BCUT2D eigenvalue weighted by molar-refractivity contribution is 0.102. The van der Waals surface area contributed by atoms with E-state index in [1.165, 1.54) is 11.3 Å². The lowest BCUT2D eigenvalue weighted by Crippen LogP contribution is -2.33. The number of carbonyl (C=O) groups excluding carboxylic acids is 1. The summed E-state index contributed by atoms with van der Waals surface area (Å²) in [5.74, 6) is 0.630. The monoisotopic (exact) mass is 351 g/mol. The Balaban J connectivity index is 1.92. The van der Waals surface area contributed by atoms with Gasteiger partial charge >= 0.3 is 6.09 Å². The summed E-state index contributed by atoms with van der Waals surface area (Å²) < 4.78 is 5.78. The van der Waals surface area contributed by atoms with Gasteiger partial charge in [-0.05, 0) is 30.7 Å². The number of carbonyl (C=O) groups is 2. The van der Waals surface area contributed by atoms with Crippen LogP contribution in [0.3, 0.4) is 0 Å². The highest BCUT2D eigenvalue weighted by Gasteiger charge is 2.28. The Labute approximate surface area is 141 Å². The number of halogens is 1. The number of thiophene rings is 1. The molecule has 0 saturated heterocycles. The van der Waals surface area contributed by atoms with Crippen LogP contribution in [0.1, 0.15) is 22.2 Å². The standard InChI is InChI=1S/C16H14ClNO4S/c1-8(19)13-4-5-14(23-13)10-2-3-12(17)15-11(10)6-9(22-15)7-18-16(20)21/h2-5,9,18H,6-7H2,1H3,(H,20,21). The molecule has 2 N–H and O–H groups in total. The van der Waals surface area contributed by atoms with Crippen molar-refractivity contribution < 1.29 is 19.4 Å². The van der Waals surface area contributed by atoms with E-state index in [0.29, 0.717) is 22.1 Å². The molecule has 120 valence electrons. The molecular formula is C16H14ClNO4S. The maximum Gasteiger partial charge on any atom is 0.404 e. The lowest BCUT2D eigenvalue weighted by atomic mass is 10.0. The average Bonchev–Trinajstić information content (AvgIpc) is 3.12. The van der Waals surface area contributed by atoms with Gasteiger partial charge in [0.05, 0.1) is 16.4 Å². The van der Waals surface area contributed by atoms with E-state index in [4.69, 9.17) is 21.4 Å². The first-order valence-electron chi connectivity index (χ1n) is 7.01. The summed E-state index contributed by atoms with van der Waals surface area (Å²) in [5, 5.41) is 11.5. The Kier molecular flexibility index (Phi) is 4.28. The van der Waals surface area contributed by atoms with E-state index in [2.05, 4.69) is 5.32 Å². The van der Waals surface area contributed by atoms with Gasteiger partial charge in [0.15, 0.2) is 5.78 Å². The van der Waals surface area contributed by atoms with E-state index in [1.54, 1.807) is 13.0 Å². The van der Waals surface area contributed by atoms with Crippen LogP contribution in [0.15, 0.2) is 24.3 Å². The number of ketones is 1. The number of amides is 1. The van der Waals surface area contributed by atoms with Gasteiger partial charge in [0.1, 0.15) is 11.9 Å². The van der Waals surface area contributed by atoms with Crippen LogP contribution in [-0.4, -0.2) is 29.6 Å². The number of Topliss-reactive ketones (excluding diaryl/α,β-unsaturated/α-hetero) is 1. The number of rotatable bonds is 4. The van der Waals surface area contributed by atoms with Gasteiger partial charge in [-0.3, -0.25) is 4.79 Å². The van der Waals surface area contributed by atoms with Gasteiger partial charge in [-0.2, -0.15) is 0 Å². The summed E-state index contributed by atoms with van der Waals surface area (Å²) in [7, 11) is 0. The van der Waals surface area contributed by atoms with Crippen LogP contribution in [0.5, 0.6) is 5.75 Å². The van der Waals surface area contributed by atoms with Crippen LogP contribution < -0.4 is 10.1 Å². The molecule has 1 amide bonds. The molecule has 0 radical (unpaired) electrons. The third kappa shape index (κ3) is 3.18. The number of benzene rings is 1. The van der Waals surface area contributed by atoms with E-state index in [-0.39, 0.29) is 18.4 Å². The number of ether oxygens (including phenoxy) is 1. The van der Waals surface area contributed by atoms with Gasteiger partial charge < -0.3 is 15.2 Å². The average molecular weight is 352 g/mol. The molecule has 0 fully saturated rings. The molecule has 1 aromatic heterocycles. The molecule has 0 saturated carbocycles. The van der Waals surface area contributed by atoms with Crippen LogP contribution in [0.4, 0.5) is 4.79 Å². The zero-order valence-electron chi connectivity index (χ0n) is 12.3. The first kappa shape index (κ1) is 15.8. The highest BCUT2D eigenvalue weighted by atomic mass is 35.5. The van der Waals surface area contributed by atoms with Gasteiger partial charge in [-0.15, -0.1) is 11.3 Å². The minimum atomic E-state index is -1.08. The lowest BCUT2D eigenvalue weighted by Gasteiger charge is -2.10. The predicted octanol–water partition coefficient (Wildman–Crippen LogP) is 3.84. The Hall–Kier alpha value is -2.05. The van der Waals surface area contributed by atoms with Crippen molar-refractivity contribution in [2.45, 2.75) is 19.4 Å². The van der Waals surface area contributed by atoms with Gasteiger partial charge in [-0.1, -0.05) is 17.7 Å². The number of nitrogens with one attached hydrogen (secondary N) is 1. The second kappa shape index (κ2) is 6.22. The zero-order chi connectivity index (χ0) is 16.6. The van der Waals surface area contributed by atoms with Crippen LogP contribution in [-0.2, 0) is 6.42 Å². The minimum absolute atomic E-state index is 0.0339. The van der Waals surface area contributed by atoms with Crippen LogP contribution in [0, 0.1) is 0 Å². The number of hydrogen-bond donors (Lipinski definition) is 2. The highest BCUT2D eigenvalue weighted by Crippen LogP contribution is 2.43. The van der Waals surface area contributed by atoms with E-state index >= 15 is 0 Å². The SMILES string of the molecule is CC(=O)c1ccc(-c2ccc(Cl)c3c2CC(CNC(=O)O)O3)s1. The van der Waals surface area contributed by atoms with Crippen molar-refractivity contribution in [2.75, 3.05) is 6.54 Å².